The number of thiazole rings is 1. The van der Waals surface area contributed by atoms with Gasteiger partial charge >= 0.3 is 18.2 Å². The van der Waals surface area contributed by atoms with Crippen LogP contribution in [0.2, 0.25) is 0 Å². The van der Waals surface area contributed by atoms with E-state index in [1.807, 2.05) is 0 Å². The van der Waals surface area contributed by atoms with Crippen LogP contribution in [0.1, 0.15) is 18.4 Å². The van der Waals surface area contributed by atoms with Crippen LogP contribution in [0.4, 0.5) is 34.5 Å². The lowest BCUT2D eigenvalue weighted by Gasteiger charge is -2.14. The third kappa shape index (κ3) is 6.47. The largest absolute Gasteiger partial charge is 0.423 e. The smallest absolute Gasteiger partial charge is 0.417 e. The van der Waals surface area contributed by atoms with Gasteiger partial charge < -0.3 is 15.4 Å². The Morgan fingerprint density at radius 3 is 2.39 bits per heavy atom. The average molecular weight is 619 g/mol. The van der Waals surface area contributed by atoms with E-state index in [9.17, 15) is 22.8 Å². The molecule has 0 aliphatic carbocycles. The summed E-state index contributed by atoms with van der Waals surface area (Å²) in [5.41, 5.74) is 0.396. The van der Waals surface area contributed by atoms with Crippen molar-refractivity contribution in [3.05, 3.63) is 85.1 Å². The van der Waals surface area contributed by atoms with Crippen molar-refractivity contribution in [2.24, 2.45) is 0 Å². The van der Waals surface area contributed by atoms with Gasteiger partial charge in [0.05, 0.1) is 51.8 Å². The number of hydrogen-bond acceptors (Lipinski definition) is 9. The van der Waals surface area contributed by atoms with E-state index in [1.165, 1.54) is 29.9 Å². The first-order chi connectivity index (χ1) is 21.2. The fraction of sp³-hybridized carbons (Fsp3) is 0.138. The zero-order valence-electron chi connectivity index (χ0n) is 22.6. The Hall–Kier alpha value is -5.44. The van der Waals surface area contributed by atoms with Crippen molar-refractivity contribution in [3.8, 4) is 33.6 Å². The van der Waals surface area contributed by atoms with Gasteiger partial charge in [-0.25, -0.2) is 19.7 Å². The number of benzene rings is 1. The number of alkyl halides is 3. The Kier molecular flexibility index (Phi) is 7.85. The summed E-state index contributed by atoms with van der Waals surface area (Å²) < 4.78 is 45.6. The van der Waals surface area contributed by atoms with Gasteiger partial charge in [0.1, 0.15) is 5.75 Å². The van der Waals surface area contributed by atoms with Crippen LogP contribution in [0.3, 0.4) is 0 Å². The number of nitrogens with one attached hydrogen (secondary N) is 2. The number of hydrogen-bond donors (Lipinski definition) is 2. The lowest BCUT2D eigenvalue weighted by molar-refractivity contribution is -0.137. The molecule has 5 heterocycles. The number of amides is 3. The first-order valence-corrected chi connectivity index (χ1v) is 14.0. The summed E-state index contributed by atoms with van der Waals surface area (Å²) in [5.74, 6) is 0.423. The van der Waals surface area contributed by atoms with Gasteiger partial charge in [-0.3, -0.25) is 19.7 Å². The minimum atomic E-state index is -4.64. The van der Waals surface area contributed by atoms with Gasteiger partial charge in [-0.05, 0) is 24.6 Å². The standard InChI is InChI=1S/C29H21F3N8O3S/c30-29(31,32)18-11-22(25(34-12-18)17-5-2-1-3-6-17)39-26(42)38-19-13-35-27(36-14-19)43-20-8-9-21(33-15-20)23-16-37-28(44-23)40-10-4-7-24(40)41/h1-3,5-6,8-9,11-16H,4,7,10H2,(H2,38,39,42). The minimum absolute atomic E-state index is 0.0217. The number of anilines is 3. The number of aromatic nitrogens is 5. The molecular formula is C29H21F3N8O3S. The molecule has 1 saturated heterocycles. The Labute approximate surface area is 251 Å². The minimum Gasteiger partial charge on any atom is -0.423 e. The number of ether oxygens (including phenoxy) is 1. The highest BCUT2D eigenvalue weighted by Gasteiger charge is 2.32. The molecule has 44 heavy (non-hydrogen) atoms. The molecule has 0 radical (unpaired) electrons. The molecule has 11 nitrogen and oxygen atoms in total. The Bertz CT molecular complexity index is 1800. The first-order valence-electron chi connectivity index (χ1n) is 13.2. The average Bonchev–Trinajstić information content (AvgIpc) is 3.67. The van der Waals surface area contributed by atoms with Gasteiger partial charge in [0.15, 0.2) is 5.13 Å². The summed E-state index contributed by atoms with van der Waals surface area (Å²) >= 11 is 1.38. The lowest BCUT2D eigenvalue weighted by atomic mass is 10.1. The normalized spacial score (nSPS) is 13.2. The summed E-state index contributed by atoms with van der Waals surface area (Å²) in [6.45, 7) is 0.660. The molecule has 222 valence electrons. The first kappa shape index (κ1) is 28.7. The molecule has 4 aromatic heterocycles. The molecule has 1 aromatic carbocycles. The fourth-order valence-corrected chi connectivity index (χ4v) is 5.25. The number of rotatable bonds is 7. The number of pyridine rings is 2. The second kappa shape index (κ2) is 12.0. The third-order valence-corrected chi connectivity index (χ3v) is 7.44. The topological polar surface area (TPSA) is 135 Å². The zero-order chi connectivity index (χ0) is 30.7. The summed E-state index contributed by atoms with van der Waals surface area (Å²) in [5, 5.41) is 5.56. The summed E-state index contributed by atoms with van der Waals surface area (Å²) in [7, 11) is 0. The van der Waals surface area contributed by atoms with Crippen molar-refractivity contribution in [3.63, 3.8) is 0 Å². The second-order valence-electron chi connectivity index (χ2n) is 9.45. The maximum Gasteiger partial charge on any atom is 0.417 e. The van der Waals surface area contributed by atoms with E-state index >= 15 is 0 Å². The van der Waals surface area contributed by atoms with Gasteiger partial charge in [-0.15, -0.1) is 0 Å². The van der Waals surface area contributed by atoms with Crippen LogP contribution >= 0.6 is 11.3 Å². The maximum absolute atomic E-state index is 13.3. The molecular weight excluding hydrogens is 597 g/mol. The summed E-state index contributed by atoms with van der Waals surface area (Å²) in [6.07, 6.45) is 3.15. The molecule has 0 unspecified atom stereocenters. The van der Waals surface area contributed by atoms with Crippen LogP contribution in [0.25, 0.3) is 21.8 Å². The van der Waals surface area contributed by atoms with E-state index < -0.39 is 17.8 Å². The van der Waals surface area contributed by atoms with E-state index in [1.54, 1.807) is 53.6 Å². The predicted octanol–water partition coefficient (Wildman–Crippen LogP) is 6.64. The van der Waals surface area contributed by atoms with Gasteiger partial charge in [0, 0.05) is 30.9 Å². The van der Waals surface area contributed by atoms with Crippen molar-refractivity contribution < 1.29 is 27.5 Å². The van der Waals surface area contributed by atoms with Crippen LogP contribution in [0, 0.1) is 0 Å². The summed E-state index contributed by atoms with van der Waals surface area (Å²) in [4.78, 5) is 48.0. The highest BCUT2D eigenvalue weighted by atomic mass is 32.1. The van der Waals surface area contributed by atoms with Crippen LogP contribution < -0.4 is 20.3 Å². The van der Waals surface area contributed by atoms with Crippen molar-refractivity contribution in [1.82, 2.24) is 24.9 Å². The Morgan fingerprint density at radius 1 is 0.909 bits per heavy atom. The van der Waals surface area contributed by atoms with Gasteiger partial charge in [0.2, 0.25) is 5.91 Å². The molecule has 15 heteroatoms. The number of carbonyl (C=O) groups excluding carboxylic acids is 2. The molecule has 0 atom stereocenters. The van der Waals surface area contributed by atoms with E-state index in [4.69, 9.17) is 4.74 Å². The van der Waals surface area contributed by atoms with Crippen LogP contribution in [-0.2, 0) is 11.0 Å². The van der Waals surface area contributed by atoms with Crippen LogP contribution in [-0.4, -0.2) is 43.4 Å². The lowest BCUT2D eigenvalue weighted by Crippen LogP contribution is -2.23. The molecule has 1 fully saturated rings. The molecule has 6 rings (SSSR count). The van der Waals surface area contributed by atoms with Crippen molar-refractivity contribution in [2.75, 3.05) is 22.1 Å². The molecule has 1 aliphatic heterocycles. The van der Waals surface area contributed by atoms with E-state index in [2.05, 4.69) is 35.6 Å². The van der Waals surface area contributed by atoms with Crippen LogP contribution in [0.15, 0.2) is 79.5 Å². The van der Waals surface area contributed by atoms with E-state index in [0.717, 1.165) is 23.6 Å². The fourth-order valence-electron chi connectivity index (χ4n) is 4.31. The molecule has 0 bridgehead atoms. The predicted molar refractivity (Wildman–Crippen MR) is 156 cm³/mol. The Morgan fingerprint density at radius 2 is 1.70 bits per heavy atom. The van der Waals surface area contributed by atoms with Crippen molar-refractivity contribution in [1.29, 1.82) is 0 Å². The van der Waals surface area contributed by atoms with Crippen molar-refractivity contribution >= 4 is 39.8 Å². The molecule has 0 spiro atoms. The van der Waals surface area contributed by atoms with E-state index in [0.29, 0.717) is 35.1 Å². The molecule has 5 aromatic rings. The Balaban J connectivity index is 1.09. The molecule has 3 amide bonds. The maximum atomic E-state index is 13.3. The highest BCUT2D eigenvalue weighted by Crippen LogP contribution is 2.35. The van der Waals surface area contributed by atoms with E-state index in [-0.39, 0.29) is 29.0 Å². The second-order valence-corrected chi connectivity index (χ2v) is 10.5. The highest BCUT2D eigenvalue weighted by molar-refractivity contribution is 7.19. The summed E-state index contributed by atoms with van der Waals surface area (Å²) in [6, 6.07) is 11.9. The SMILES string of the molecule is O=C(Nc1cnc(Oc2ccc(-c3cnc(N4CCCC4=O)s3)nc2)nc1)Nc1cc(C(F)(F)F)cnc1-c1ccccc1. The van der Waals surface area contributed by atoms with Gasteiger partial charge in [-0.1, -0.05) is 41.7 Å². The molecule has 0 saturated carbocycles. The zero-order valence-corrected chi connectivity index (χ0v) is 23.4. The monoisotopic (exact) mass is 618 g/mol. The van der Waals surface area contributed by atoms with Crippen molar-refractivity contribution in [2.45, 2.75) is 19.0 Å². The molecule has 2 N–H and O–H groups in total. The number of halogens is 3. The van der Waals surface area contributed by atoms with Crippen LogP contribution in [0.5, 0.6) is 11.8 Å². The number of carbonyl (C=O) groups is 2. The third-order valence-electron chi connectivity index (χ3n) is 6.39. The number of urea groups is 1. The quantitative estimate of drug-likeness (QED) is 0.207. The van der Waals surface area contributed by atoms with Gasteiger partial charge in [-0.2, -0.15) is 13.2 Å². The number of nitrogens with zero attached hydrogens (tertiary/aromatic N) is 6. The van der Waals surface area contributed by atoms with Gasteiger partial charge in [0.25, 0.3) is 0 Å². The molecule has 1 aliphatic rings.